The standard InChI is InChI=1S/C13H15NO.C10H17NO/c15-13-9-11-5-2-1-4-10(11)8-12-6-3-7-14(12)13;1-8-5-7-10(2)6-3-4-9(12)11(8)10/h1-2,4-5,12H,3,6-9H2;8H,3-7H2,1-2H3. The van der Waals surface area contributed by atoms with Gasteiger partial charge in [0.1, 0.15) is 0 Å². The van der Waals surface area contributed by atoms with Crippen molar-refractivity contribution in [2.45, 2.75) is 89.3 Å². The van der Waals surface area contributed by atoms with Crippen molar-refractivity contribution < 1.29 is 9.59 Å². The van der Waals surface area contributed by atoms with Crippen LogP contribution in [0.2, 0.25) is 0 Å². The zero-order valence-corrected chi connectivity index (χ0v) is 16.7. The second kappa shape index (κ2) is 7.29. The summed E-state index contributed by atoms with van der Waals surface area (Å²) in [6.07, 6.45) is 9.51. The average Bonchev–Trinajstić information content (AvgIpc) is 3.19. The number of hydrogen-bond acceptors (Lipinski definition) is 2. The van der Waals surface area contributed by atoms with Crippen LogP contribution >= 0.6 is 0 Å². The molecular weight excluding hydrogens is 336 g/mol. The average molecular weight is 369 g/mol. The summed E-state index contributed by atoms with van der Waals surface area (Å²) in [7, 11) is 0. The molecule has 0 radical (unpaired) electrons. The maximum Gasteiger partial charge on any atom is 0.227 e. The zero-order chi connectivity index (χ0) is 19.0. The Balaban J connectivity index is 0.000000137. The molecule has 2 amide bonds. The predicted octanol–water partition coefficient (Wildman–Crippen LogP) is 3.72. The van der Waals surface area contributed by atoms with Crippen molar-refractivity contribution in [1.29, 1.82) is 0 Å². The van der Waals surface area contributed by atoms with Gasteiger partial charge in [-0.3, -0.25) is 9.59 Å². The van der Waals surface area contributed by atoms with Crippen LogP contribution < -0.4 is 0 Å². The highest BCUT2D eigenvalue weighted by Gasteiger charge is 2.45. The fourth-order valence-corrected chi connectivity index (χ4v) is 5.66. The van der Waals surface area contributed by atoms with Gasteiger partial charge in [0.15, 0.2) is 0 Å². The summed E-state index contributed by atoms with van der Waals surface area (Å²) >= 11 is 0. The fourth-order valence-electron chi connectivity index (χ4n) is 5.66. The summed E-state index contributed by atoms with van der Waals surface area (Å²) in [5.41, 5.74) is 2.83. The van der Waals surface area contributed by atoms with Crippen molar-refractivity contribution in [3.05, 3.63) is 35.4 Å². The van der Waals surface area contributed by atoms with Gasteiger partial charge in [0, 0.05) is 30.6 Å². The Labute approximate surface area is 162 Å². The lowest BCUT2D eigenvalue weighted by Gasteiger charge is -2.41. The highest BCUT2D eigenvalue weighted by Crippen LogP contribution is 2.40. The largest absolute Gasteiger partial charge is 0.339 e. The minimum atomic E-state index is 0.217. The molecule has 4 aliphatic heterocycles. The molecular formula is C23H32N2O2. The van der Waals surface area contributed by atoms with Crippen molar-refractivity contribution in [1.82, 2.24) is 9.80 Å². The number of nitrogens with zero attached hydrogens (tertiary/aromatic N) is 2. The molecule has 4 heterocycles. The third-order valence-electron chi connectivity index (χ3n) is 7.11. The molecule has 3 unspecified atom stereocenters. The molecule has 5 rings (SSSR count). The first-order chi connectivity index (χ1) is 13.0. The van der Waals surface area contributed by atoms with Crippen LogP contribution in [0.3, 0.4) is 0 Å². The molecule has 3 fully saturated rings. The zero-order valence-electron chi connectivity index (χ0n) is 16.7. The van der Waals surface area contributed by atoms with E-state index in [1.165, 1.54) is 43.2 Å². The maximum atomic E-state index is 12.0. The van der Waals surface area contributed by atoms with Gasteiger partial charge in [-0.1, -0.05) is 24.3 Å². The van der Waals surface area contributed by atoms with E-state index in [1.54, 1.807) is 0 Å². The molecule has 1 aromatic rings. The molecule has 0 bridgehead atoms. The minimum absolute atomic E-state index is 0.217. The van der Waals surface area contributed by atoms with Crippen molar-refractivity contribution in [3.8, 4) is 0 Å². The normalized spacial score (nSPS) is 32.2. The molecule has 0 saturated carbocycles. The lowest BCUT2D eigenvalue weighted by molar-refractivity contribution is -0.140. The number of hydrogen-bond donors (Lipinski definition) is 0. The Morgan fingerprint density at radius 3 is 2.56 bits per heavy atom. The first-order valence-electron chi connectivity index (χ1n) is 10.7. The molecule has 0 spiro atoms. The number of piperidine rings is 1. The Morgan fingerprint density at radius 2 is 1.78 bits per heavy atom. The van der Waals surface area contributed by atoms with Crippen LogP contribution in [0.15, 0.2) is 24.3 Å². The molecule has 4 aliphatic rings. The van der Waals surface area contributed by atoms with Gasteiger partial charge < -0.3 is 9.80 Å². The van der Waals surface area contributed by atoms with Crippen molar-refractivity contribution in [2.75, 3.05) is 6.54 Å². The number of benzene rings is 1. The van der Waals surface area contributed by atoms with Gasteiger partial charge in [-0.25, -0.2) is 0 Å². The molecule has 0 aliphatic carbocycles. The molecule has 3 saturated heterocycles. The number of carbonyl (C=O) groups is 2. The van der Waals surface area contributed by atoms with E-state index in [0.717, 1.165) is 25.8 Å². The molecule has 4 heteroatoms. The van der Waals surface area contributed by atoms with Gasteiger partial charge in [-0.2, -0.15) is 0 Å². The third-order valence-corrected chi connectivity index (χ3v) is 7.11. The van der Waals surface area contributed by atoms with Crippen LogP contribution in [-0.2, 0) is 22.4 Å². The third kappa shape index (κ3) is 3.51. The highest BCUT2D eigenvalue weighted by molar-refractivity contribution is 5.80. The second-order valence-electron chi connectivity index (χ2n) is 9.03. The first-order valence-corrected chi connectivity index (χ1v) is 10.7. The topological polar surface area (TPSA) is 40.6 Å². The van der Waals surface area contributed by atoms with Gasteiger partial charge >= 0.3 is 0 Å². The number of carbonyl (C=O) groups excluding carboxylic acids is 2. The quantitative estimate of drug-likeness (QED) is 0.700. The van der Waals surface area contributed by atoms with E-state index in [2.05, 4.69) is 41.8 Å². The predicted molar refractivity (Wildman–Crippen MR) is 106 cm³/mol. The maximum absolute atomic E-state index is 12.0. The lowest BCUT2D eigenvalue weighted by Crippen LogP contribution is -2.50. The lowest BCUT2D eigenvalue weighted by atomic mass is 9.88. The number of rotatable bonds is 0. The molecule has 3 atom stereocenters. The smallest absolute Gasteiger partial charge is 0.227 e. The van der Waals surface area contributed by atoms with E-state index in [4.69, 9.17) is 0 Å². The van der Waals surface area contributed by atoms with E-state index in [0.29, 0.717) is 30.3 Å². The Morgan fingerprint density at radius 1 is 1.00 bits per heavy atom. The van der Waals surface area contributed by atoms with Crippen molar-refractivity contribution in [2.24, 2.45) is 0 Å². The van der Waals surface area contributed by atoms with E-state index < -0.39 is 0 Å². The Kier molecular flexibility index (Phi) is 5.00. The van der Waals surface area contributed by atoms with Gasteiger partial charge in [-0.05, 0) is 69.9 Å². The monoisotopic (exact) mass is 368 g/mol. The second-order valence-corrected chi connectivity index (χ2v) is 9.03. The molecule has 4 nitrogen and oxygen atoms in total. The molecule has 0 N–H and O–H groups in total. The van der Waals surface area contributed by atoms with E-state index in [9.17, 15) is 9.59 Å². The van der Waals surface area contributed by atoms with Crippen LogP contribution in [0.25, 0.3) is 0 Å². The van der Waals surface area contributed by atoms with Crippen LogP contribution in [0.1, 0.15) is 69.9 Å². The summed E-state index contributed by atoms with van der Waals surface area (Å²) in [5.74, 6) is 0.705. The SMILES string of the molecule is CC1CCC2(C)CCCC(=O)N12.O=C1Cc2ccccc2CC2CCCN12. The van der Waals surface area contributed by atoms with Gasteiger partial charge in [0.05, 0.1) is 6.42 Å². The molecule has 27 heavy (non-hydrogen) atoms. The summed E-state index contributed by atoms with van der Waals surface area (Å²) < 4.78 is 0. The molecule has 0 aromatic heterocycles. The van der Waals surface area contributed by atoms with Gasteiger partial charge in [0.25, 0.3) is 0 Å². The Hall–Kier alpha value is -1.84. The fraction of sp³-hybridized carbons (Fsp3) is 0.652. The summed E-state index contributed by atoms with van der Waals surface area (Å²) in [5, 5.41) is 0. The van der Waals surface area contributed by atoms with E-state index in [1.807, 2.05) is 6.07 Å². The van der Waals surface area contributed by atoms with Crippen molar-refractivity contribution >= 4 is 11.8 Å². The Bertz CT molecular complexity index is 727. The van der Waals surface area contributed by atoms with Crippen LogP contribution in [0, 0.1) is 0 Å². The van der Waals surface area contributed by atoms with E-state index >= 15 is 0 Å². The van der Waals surface area contributed by atoms with Gasteiger partial charge in [-0.15, -0.1) is 0 Å². The van der Waals surface area contributed by atoms with Crippen LogP contribution in [0.5, 0.6) is 0 Å². The minimum Gasteiger partial charge on any atom is -0.339 e. The molecule has 1 aromatic carbocycles. The molecule has 146 valence electrons. The first kappa shape index (κ1) is 18.5. The van der Waals surface area contributed by atoms with Crippen LogP contribution in [0.4, 0.5) is 0 Å². The summed E-state index contributed by atoms with van der Waals surface area (Å²) in [4.78, 5) is 27.8. The highest BCUT2D eigenvalue weighted by atomic mass is 16.2. The van der Waals surface area contributed by atoms with Gasteiger partial charge in [0.2, 0.25) is 11.8 Å². The van der Waals surface area contributed by atoms with Crippen LogP contribution in [-0.4, -0.2) is 45.8 Å². The number of amides is 2. The van der Waals surface area contributed by atoms with Crippen molar-refractivity contribution in [3.63, 3.8) is 0 Å². The number of fused-ring (bicyclic) bond motifs is 3. The summed E-state index contributed by atoms with van der Waals surface area (Å²) in [6.45, 7) is 5.39. The van der Waals surface area contributed by atoms with E-state index in [-0.39, 0.29) is 5.54 Å². The summed E-state index contributed by atoms with van der Waals surface area (Å²) in [6, 6.07) is 9.33.